The first-order chi connectivity index (χ1) is 8.31. The Balaban J connectivity index is 1.80. The van der Waals surface area contributed by atoms with Gasteiger partial charge in [0, 0.05) is 23.5 Å². The van der Waals surface area contributed by atoms with Crippen molar-refractivity contribution in [3.63, 3.8) is 0 Å². The van der Waals surface area contributed by atoms with Crippen molar-refractivity contribution < 1.29 is 4.42 Å². The van der Waals surface area contributed by atoms with E-state index in [1.807, 2.05) is 30.0 Å². The Bertz CT molecular complexity index is 519. The maximum absolute atomic E-state index is 5.71. The molecule has 1 aliphatic rings. The molecule has 2 aromatic rings. The molecule has 5 heteroatoms. The van der Waals surface area contributed by atoms with E-state index < -0.39 is 0 Å². The molecule has 3 N–H and O–H groups in total. The van der Waals surface area contributed by atoms with E-state index in [0.29, 0.717) is 17.7 Å². The molecule has 17 heavy (non-hydrogen) atoms. The summed E-state index contributed by atoms with van der Waals surface area (Å²) >= 11 is 1.98. The lowest BCUT2D eigenvalue weighted by atomic mass is 10.2. The van der Waals surface area contributed by atoms with Gasteiger partial charge in [0.05, 0.1) is 0 Å². The highest BCUT2D eigenvalue weighted by molar-refractivity contribution is 7.99. The number of nitrogens with one attached hydrogen (secondary N) is 1. The predicted molar refractivity (Wildman–Crippen MR) is 72.4 cm³/mol. The standard InChI is InChI=1S/C12H15N3OS/c13-8-3-4-10-11(6-8)16-12(15-10)14-9-2-1-5-17-7-9/h3-4,6,9H,1-2,5,7,13H2,(H,14,15). The quantitative estimate of drug-likeness (QED) is 0.801. The molecule has 0 bridgehead atoms. The van der Waals surface area contributed by atoms with Gasteiger partial charge in [-0.15, -0.1) is 0 Å². The summed E-state index contributed by atoms with van der Waals surface area (Å²) in [6.07, 6.45) is 2.45. The summed E-state index contributed by atoms with van der Waals surface area (Å²) < 4.78 is 5.64. The molecule has 3 rings (SSSR count). The van der Waals surface area contributed by atoms with Gasteiger partial charge in [0.2, 0.25) is 0 Å². The summed E-state index contributed by atoms with van der Waals surface area (Å²) in [6, 6.07) is 6.61. The summed E-state index contributed by atoms with van der Waals surface area (Å²) in [6.45, 7) is 0. The number of rotatable bonds is 2. The van der Waals surface area contributed by atoms with Crippen LogP contribution in [0.15, 0.2) is 22.6 Å². The number of hydrogen-bond acceptors (Lipinski definition) is 5. The number of hydrogen-bond donors (Lipinski definition) is 2. The number of oxazole rings is 1. The number of nitrogens with two attached hydrogens (primary N) is 1. The summed E-state index contributed by atoms with van der Waals surface area (Å²) in [4.78, 5) is 4.41. The molecule has 1 unspecified atom stereocenters. The number of benzene rings is 1. The predicted octanol–water partition coefficient (Wildman–Crippen LogP) is 2.72. The Kier molecular flexibility index (Phi) is 2.84. The number of anilines is 2. The van der Waals surface area contributed by atoms with Crippen molar-refractivity contribution >= 4 is 34.6 Å². The highest BCUT2D eigenvalue weighted by Crippen LogP contribution is 2.24. The van der Waals surface area contributed by atoms with Gasteiger partial charge >= 0.3 is 0 Å². The van der Waals surface area contributed by atoms with Crippen molar-refractivity contribution in [2.45, 2.75) is 18.9 Å². The fourth-order valence-electron chi connectivity index (χ4n) is 2.03. The van der Waals surface area contributed by atoms with E-state index in [1.54, 1.807) is 0 Å². The maximum Gasteiger partial charge on any atom is 0.295 e. The van der Waals surface area contributed by atoms with Crippen molar-refractivity contribution in [3.8, 4) is 0 Å². The van der Waals surface area contributed by atoms with Gasteiger partial charge in [-0.3, -0.25) is 0 Å². The lowest BCUT2D eigenvalue weighted by Crippen LogP contribution is -2.25. The Hall–Kier alpha value is -1.36. The van der Waals surface area contributed by atoms with E-state index in [2.05, 4.69) is 10.3 Å². The summed E-state index contributed by atoms with van der Waals surface area (Å²) in [5, 5.41) is 3.35. The van der Waals surface area contributed by atoms with Crippen LogP contribution in [0.2, 0.25) is 0 Å². The lowest BCUT2D eigenvalue weighted by molar-refractivity contribution is 0.586. The molecule has 4 nitrogen and oxygen atoms in total. The number of nitrogen functional groups attached to an aromatic ring is 1. The molecule has 1 aromatic carbocycles. The third kappa shape index (κ3) is 2.34. The minimum absolute atomic E-state index is 0.471. The molecule has 1 aromatic heterocycles. The minimum Gasteiger partial charge on any atom is -0.423 e. The van der Waals surface area contributed by atoms with E-state index in [4.69, 9.17) is 10.2 Å². The van der Waals surface area contributed by atoms with Crippen LogP contribution in [-0.2, 0) is 0 Å². The van der Waals surface area contributed by atoms with Gasteiger partial charge in [0.15, 0.2) is 5.58 Å². The summed E-state index contributed by atoms with van der Waals surface area (Å²) in [5.41, 5.74) is 8.01. The van der Waals surface area contributed by atoms with E-state index in [9.17, 15) is 0 Å². The third-order valence-corrected chi connectivity index (χ3v) is 4.12. The Morgan fingerprint density at radius 2 is 2.41 bits per heavy atom. The van der Waals surface area contributed by atoms with Gasteiger partial charge in [-0.2, -0.15) is 16.7 Å². The van der Waals surface area contributed by atoms with E-state index in [1.165, 1.54) is 18.6 Å². The average molecular weight is 249 g/mol. The fourth-order valence-corrected chi connectivity index (χ4v) is 3.10. The van der Waals surface area contributed by atoms with Gasteiger partial charge in [0.1, 0.15) is 5.52 Å². The molecule has 1 aliphatic heterocycles. The van der Waals surface area contributed by atoms with Crippen LogP contribution >= 0.6 is 11.8 Å². The highest BCUT2D eigenvalue weighted by atomic mass is 32.2. The zero-order valence-electron chi connectivity index (χ0n) is 9.48. The minimum atomic E-state index is 0.471. The Morgan fingerprint density at radius 3 is 3.24 bits per heavy atom. The molecule has 0 aliphatic carbocycles. The first-order valence-electron chi connectivity index (χ1n) is 5.81. The first kappa shape index (κ1) is 10.8. The largest absolute Gasteiger partial charge is 0.423 e. The molecule has 0 amide bonds. The van der Waals surface area contributed by atoms with Crippen molar-refractivity contribution in [2.75, 3.05) is 22.6 Å². The maximum atomic E-state index is 5.71. The molecule has 1 saturated heterocycles. The second-order valence-electron chi connectivity index (χ2n) is 4.30. The normalized spacial score (nSPS) is 20.6. The summed E-state index contributed by atoms with van der Waals surface area (Å²) in [7, 11) is 0. The number of fused-ring (bicyclic) bond motifs is 1. The van der Waals surface area contributed by atoms with Crippen LogP contribution < -0.4 is 11.1 Å². The van der Waals surface area contributed by atoms with Crippen molar-refractivity contribution in [2.24, 2.45) is 0 Å². The SMILES string of the molecule is Nc1ccc2nc(NC3CCCSC3)oc2c1. The van der Waals surface area contributed by atoms with E-state index in [-0.39, 0.29) is 0 Å². The Labute approximate surface area is 104 Å². The molecule has 2 heterocycles. The second kappa shape index (κ2) is 4.49. The average Bonchev–Trinajstić information content (AvgIpc) is 2.71. The van der Waals surface area contributed by atoms with E-state index in [0.717, 1.165) is 16.9 Å². The first-order valence-corrected chi connectivity index (χ1v) is 6.97. The van der Waals surface area contributed by atoms with Crippen LogP contribution in [-0.4, -0.2) is 22.5 Å². The third-order valence-electron chi connectivity index (χ3n) is 2.90. The number of thioether (sulfide) groups is 1. The molecule has 0 radical (unpaired) electrons. The van der Waals surface area contributed by atoms with Crippen LogP contribution in [0.4, 0.5) is 11.7 Å². The molecule has 90 valence electrons. The molecule has 1 atom stereocenters. The molecule has 1 fully saturated rings. The zero-order valence-corrected chi connectivity index (χ0v) is 10.3. The van der Waals surface area contributed by atoms with Crippen molar-refractivity contribution in [3.05, 3.63) is 18.2 Å². The monoisotopic (exact) mass is 249 g/mol. The van der Waals surface area contributed by atoms with Gasteiger partial charge in [-0.25, -0.2) is 0 Å². The molecule has 0 saturated carbocycles. The van der Waals surface area contributed by atoms with Crippen molar-refractivity contribution in [1.82, 2.24) is 4.98 Å². The van der Waals surface area contributed by atoms with Gasteiger partial charge in [-0.05, 0) is 30.7 Å². The topological polar surface area (TPSA) is 64.1 Å². The summed E-state index contributed by atoms with van der Waals surface area (Å²) in [5.74, 6) is 2.39. The lowest BCUT2D eigenvalue weighted by Gasteiger charge is -2.21. The van der Waals surface area contributed by atoms with Crippen LogP contribution in [0.1, 0.15) is 12.8 Å². The van der Waals surface area contributed by atoms with Gasteiger partial charge in [0.25, 0.3) is 6.01 Å². The smallest absolute Gasteiger partial charge is 0.295 e. The number of nitrogens with zero attached hydrogens (tertiary/aromatic N) is 1. The van der Waals surface area contributed by atoms with Crippen LogP contribution in [0.25, 0.3) is 11.1 Å². The second-order valence-corrected chi connectivity index (χ2v) is 5.45. The van der Waals surface area contributed by atoms with Crippen molar-refractivity contribution in [1.29, 1.82) is 0 Å². The molecular formula is C12H15N3OS. The van der Waals surface area contributed by atoms with Crippen LogP contribution in [0.5, 0.6) is 0 Å². The van der Waals surface area contributed by atoms with Crippen LogP contribution in [0, 0.1) is 0 Å². The molecule has 0 spiro atoms. The van der Waals surface area contributed by atoms with Crippen LogP contribution in [0.3, 0.4) is 0 Å². The van der Waals surface area contributed by atoms with Gasteiger partial charge in [-0.1, -0.05) is 0 Å². The van der Waals surface area contributed by atoms with E-state index >= 15 is 0 Å². The fraction of sp³-hybridized carbons (Fsp3) is 0.417. The zero-order chi connectivity index (χ0) is 11.7. The highest BCUT2D eigenvalue weighted by Gasteiger charge is 2.16. The van der Waals surface area contributed by atoms with Gasteiger partial charge < -0.3 is 15.5 Å². The number of aromatic nitrogens is 1. The molecular weight excluding hydrogens is 234 g/mol. The Morgan fingerprint density at radius 1 is 1.47 bits per heavy atom.